The summed E-state index contributed by atoms with van der Waals surface area (Å²) in [6, 6.07) is 8.40. The Kier molecular flexibility index (Phi) is 8.71. The molecule has 1 aromatic rings. The molecular weight excluding hydrogens is 362 g/mol. The number of amides is 1. The van der Waals surface area contributed by atoms with E-state index in [1.54, 1.807) is 24.0 Å². The van der Waals surface area contributed by atoms with Crippen molar-refractivity contribution in [1.29, 1.82) is 0 Å². The molecule has 0 atom stereocenters. The van der Waals surface area contributed by atoms with E-state index in [2.05, 4.69) is 38.1 Å². The van der Waals surface area contributed by atoms with Crippen LogP contribution in [-0.2, 0) is 11.3 Å². The van der Waals surface area contributed by atoms with Crippen LogP contribution in [0.4, 0.5) is 0 Å². The normalized spacial score (nSPS) is 14.1. The highest BCUT2D eigenvalue weighted by Gasteiger charge is 2.17. The van der Waals surface area contributed by atoms with Crippen molar-refractivity contribution in [3.63, 3.8) is 0 Å². The lowest BCUT2D eigenvalue weighted by atomic mass is 10.1. The molecule has 0 heterocycles. The first-order valence-corrected chi connectivity index (χ1v) is 10.3. The predicted octanol–water partition coefficient (Wildman–Crippen LogP) is 5.11. The van der Waals surface area contributed by atoms with Crippen LogP contribution in [0.1, 0.15) is 50.7 Å². The molecule has 1 amide bonds. The zero-order valence-corrected chi connectivity index (χ0v) is 18.1. The number of benzene rings is 1. The minimum absolute atomic E-state index is 0.00228. The maximum absolute atomic E-state index is 12.3. The molecule has 1 aliphatic carbocycles. The van der Waals surface area contributed by atoms with E-state index >= 15 is 0 Å². The fraction of sp³-hybridized carbons (Fsp3) is 0.417. The number of amidine groups is 1. The Morgan fingerprint density at radius 2 is 1.97 bits per heavy atom. The number of hydrazone groups is 1. The Morgan fingerprint density at radius 3 is 2.62 bits per heavy atom. The molecule has 0 bridgehead atoms. The lowest BCUT2D eigenvalue weighted by Gasteiger charge is -2.25. The maximum Gasteiger partial charge on any atom is 0.224 e. The van der Waals surface area contributed by atoms with Gasteiger partial charge in [-0.3, -0.25) is 14.7 Å². The first kappa shape index (κ1) is 22.5. The van der Waals surface area contributed by atoms with Crippen molar-refractivity contribution in [1.82, 2.24) is 9.91 Å². The summed E-state index contributed by atoms with van der Waals surface area (Å²) in [7, 11) is 1.93. The van der Waals surface area contributed by atoms with Crippen LogP contribution in [0, 0.1) is 6.92 Å². The lowest BCUT2D eigenvalue weighted by Crippen LogP contribution is -2.37. The van der Waals surface area contributed by atoms with E-state index in [1.165, 1.54) is 11.1 Å². The Labute approximate surface area is 174 Å². The highest BCUT2D eigenvalue weighted by molar-refractivity contribution is 5.97. The maximum atomic E-state index is 12.3. The first-order chi connectivity index (χ1) is 13.9. The molecule has 1 N–H and O–H groups in total. The number of nitrogens with zero attached hydrogens (tertiary/aromatic N) is 3. The van der Waals surface area contributed by atoms with Gasteiger partial charge in [-0.25, -0.2) is 0 Å². The van der Waals surface area contributed by atoms with E-state index in [9.17, 15) is 9.90 Å². The molecule has 156 valence electrons. The topological polar surface area (TPSA) is 56.1 Å². The van der Waals surface area contributed by atoms with Crippen molar-refractivity contribution in [3.05, 3.63) is 71.0 Å². The first-order valence-electron chi connectivity index (χ1n) is 10.3. The quantitative estimate of drug-likeness (QED) is 0.378. The predicted molar refractivity (Wildman–Crippen MR) is 120 cm³/mol. The van der Waals surface area contributed by atoms with Gasteiger partial charge in [0.05, 0.1) is 6.54 Å². The zero-order chi connectivity index (χ0) is 21.2. The number of allylic oxidation sites excluding steroid dienone is 5. The van der Waals surface area contributed by atoms with Crippen LogP contribution in [0.15, 0.2) is 65.0 Å². The molecule has 0 radical (unpaired) electrons. The summed E-state index contributed by atoms with van der Waals surface area (Å²) in [6.45, 7) is 7.04. The second kappa shape index (κ2) is 11.2. The number of aryl methyl sites for hydroxylation is 1. The van der Waals surface area contributed by atoms with Crippen LogP contribution < -0.4 is 0 Å². The standard InChI is InChI=1S/C24H33N3O2/c1-5-16-27(20(3)28)24(15-14-21-8-6-7-9-23(29)17-21)25-26(4)18-22-12-10-19(2)11-13-22/h6,8-13,17,29H,5,7,14-16,18H2,1-4H3/b25-24-. The van der Waals surface area contributed by atoms with E-state index in [1.807, 2.05) is 24.2 Å². The second-order valence-electron chi connectivity index (χ2n) is 7.47. The van der Waals surface area contributed by atoms with Gasteiger partial charge in [0.2, 0.25) is 5.91 Å². The molecule has 0 aliphatic heterocycles. The minimum Gasteiger partial charge on any atom is -0.508 e. The summed E-state index contributed by atoms with van der Waals surface area (Å²) in [4.78, 5) is 14.0. The smallest absolute Gasteiger partial charge is 0.224 e. The third kappa shape index (κ3) is 7.60. The Morgan fingerprint density at radius 1 is 1.24 bits per heavy atom. The van der Waals surface area contributed by atoms with Gasteiger partial charge in [-0.15, -0.1) is 0 Å². The van der Waals surface area contributed by atoms with Gasteiger partial charge in [-0.05, 0) is 49.5 Å². The van der Waals surface area contributed by atoms with Gasteiger partial charge in [0, 0.05) is 26.9 Å². The van der Waals surface area contributed by atoms with Crippen molar-refractivity contribution in [2.75, 3.05) is 13.6 Å². The molecule has 0 spiro atoms. The number of hydrogen-bond donors (Lipinski definition) is 1. The Hall–Kier alpha value is -2.82. The van der Waals surface area contributed by atoms with Gasteiger partial charge in [-0.2, -0.15) is 5.10 Å². The number of aliphatic hydroxyl groups excluding tert-OH is 1. The highest BCUT2D eigenvalue weighted by atomic mass is 16.3. The van der Waals surface area contributed by atoms with E-state index in [-0.39, 0.29) is 11.7 Å². The molecule has 5 nitrogen and oxygen atoms in total. The van der Waals surface area contributed by atoms with E-state index < -0.39 is 0 Å². The summed E-state index contributed by atoms with van der Waals surface area (Å²) < 4.78 is 0. The largest absolute Gasteiger partial charge is 0.508 e. The molecular formula is C24H33N3O2. The van der Waals surface area contributed by atoms with E-state index in [0.29, 0.717) is 25.9 Å². The molecule has 0 saturated carbocycles. The van der Waals surface area contributed by atoms with Crippen molar-refractivity contribution < 1.29 is 9.90 Å². The number of hydrogen-bond acceptors (Lipinski definition) is 4. The number of aliphatic hydroxyl groups is 1. The molecule has 5 heteroatoms. The summed E-state index contributed by atoms with van der Waals surface area (Å²) >= 11 is 0. The summed E-state index contributed by atoms with van der Waals surface area (Å²) in [5.74, 6) is 1.05. The third-order valence-electron chi connectivity index (χ3n) is 4.72. The monoisotopic (exact) mass is 395 g/mol. The highest BCUT2D eigenvalue weighted by Crippen LogP contribution is 2.17. The molecule has 29 heavy (non-hydrogen) atoms. The number of carbonyl (C=O) groups excluding carboxylic acids is 1. The van der Waals surface area contributed by atoms with Crippen molar-refractivity contribution in [3.8, 4) is 0 Å². The Bertz CT molecular complexity index is 804. The summed E-state index contributed by atoms with van der Waals surface area (Å²) in [6.07, 6.45) is 10.6. The van der Waals surface area contributed by atoms with E-state index in [0.717, 1.165) is 24.3 Å². The molecule has 0 aromatic heterocycles. The lowest BCUT2D eigenvalue weighted by molar-refractivity contribution is -0.125. The number of rotatable bonds is 8. The van der Waals surface area contributed by atoms with Crippen LogP contribution in [0.25, 0.3) is 0 Å². The van der Waals surface area contributed by atoms with Crippen molar-refractivity contribution in [2.45, 2.75) is 53.0 Å². The van der Waals surface area contributed by atoms with Gasteiger partial charge in [0.15, 0.2) is 0 Å². The Balaban J connectivity index is 2.18. The van der Waals surface area contributed by atoms with Gasteiger partial charge in [-0.1, -0.05) is 48.9 Å². The molecule has 0 saturated heterocycles. The van der Waals surface area contributed by atoms with Crippen LogP contribution in [-0.4, -0.2) is 40.4 Å². The zero-order valence-electron chi connectivity index (χ0n) is 18.1. The fourth-order valence-electron chi connectivity index (χ4n) is 3.24. The fourth-order valence-corrected chi connectivity index (χ4v) is 3.24. The summed E-state index contributed by atoms with van der Waals surface area (Å²) in [5.41, 5.74) is 3.44. The van der Waals surface area contributed by atoms with Crippen LogP contribution in [0.3, 0.4) is 0 Å². The molecule has 1 aliphatic rings. The average molecular weight is 396 g/mol. The van der Waals surface area contributed by atoms with Crippen LogP contribution >= 0.6 is 0 Å². The van der Waals surface area contributed by atoms with Gasteiger partial charge in [0.25, 0.3) is 0 Å². The molecule has 2 rings (SSSR count). The molecule has 0 fully saturated rings. The van der Waals surface area contributed by atoms with Crippen LogP contribution in [0.2, 0.25) is 0 Å². The molecule has 0 unspecified atom stereocenters. The van der Waals surface area contributed by atoms with Crippen LogP contribution in [0.5, 0.6) is 0 Å². The van der Waals surface area contributed by atoms with Crippen molar-refractivity contribution in [2.24, 2.45) is 5.10 Å². The second-order valence-corrected chi connectivity index (χ2v) is 7.47. The third-order valence-corrected chi connectivity index (χ3v) is 4.72. The molecule has 1 aromatic carbocycles. The number of carbonyl (C=O) groups is 1. The van der Waals surface area contributed by atoms with Crippen molar-refractivity contribution >= 4 is 11.7 Å². The van der Waals surface area contributed by atoms with E-state index in [4.69, 9.17) is 5.10 Å². The SMILES string of the molecule is CCCN(C(C)=O)/C(CCC1=CC(O)=CCC=C1)=N\N(C)Cc1ccc(C)cc1. The minimum atomic E-state index is 0.00228. The van der Waals surface area contributed by atoms with Gasteiger partial charge >= 0.3 is 0 Å². The summed E-state index contributed by atoms with van der Waals surface area (Å²) in [5, 5.41) is 16.6. The van der Waals surface area contributed by atoms with Gasteiger partial charge in [0.1, 0.15) is 11.6 Å². The average Bonchev–Trinajstić information content (AvgIpc) is 2.89. The van der Waals surface area contributed by atoms with Gasteiger partial charge < -0.3 is 5.11 Å².